The molecule has 4 rings (SSSR count). The van der Waals surface area contributed by atoms with E-state index in [0.717, 1.165) is 5.01 Å². The van der Waals surface area contributed by atoms with E-state index in [1.54, 1.807) is 30.3 Å². The molecule has 0 aromatic heterocycles. The molecule has 0 fully saturated rings. The van der Waals surface area contributed by atoms with Crippen LogP contribution in [-0.2, 0) is 4.74 Å². The smallest absolute Gasteiger partial charge is 0.431 e. The fourth-order valence-electron chi connectivity index (χ4n) is 3.71. The molecule has 2 aliphatic heterocycles. The average molecular weight is 400 g/mol. The van der Waals surface area contributed by atoms with Gasteiger partial charge in [0, 0.05) is 5.92 Å². The van der Waals surface area contributed by atoms with Crippen molar-refractivity contribution in [1.29, 1.82) is 5.26 Å². The highest BCUT2D eigenvalue weighted by Crippen LogP contribution is 2.48. The molecule has 2 aromatic rings. The van der Waals surface area contributed by atoms with Crippen molar-refractivity contribution >= 4 is 11.4 Å². The third kappa shape index (κ3) is 3.12. The molecule has 0 saturated carbocycles. The zero-order valence-corrected chi connectivity index (χ0v) is 14.8. The minimum atomic E-state index is -4.74. The number of aromatic hydroxyl groups is 1. The molecule has 0 amide bonds. The minimum absolute atomic E-state index is 0.0464. The highest BCUT2D eigenvalue weighted by molar-refractivity contribution is 5.96. The van der Waals surface area contributed by atoms with Crippen LogP contribution in [0.15, 0.2) is 71.2 Å². The van der Waals surface area contributed by atoms with E-state index in [1.165, 1.54) is 24.3 Å². The number of rotatable bonds is 2. The van der Waals surface area contributed by atoms with E-state index in [-0.39, 0.29) is 17.2 Å². The molecule has 29 heavy (non-hydrogen) atoms. The summed E-state index contributed by atoms with van der Waals surface area (Å²) >= 11 is 0. The van der Waals surface area contributed by atoms with Crippen LogP contribution in [0.5, 0.6) is 5.75 Å². The highest BCUT2D eigenvalue weighted by Gasteiger charge is 2.57. The van der Waals surface area contributed by atoms with E-state index < -0.39 is 30.0 Å². The number of benzene rings is 2. The fourth-order valence-corrected chi connectivity index (χ4v) is 3.71. The molecule has 0 aliphatic carbocycles. The molecular weight excluding hydrogens is 385 g/mol. The Morgan fingerprint density at radius 3 is 2.34 bits per heavy atom. The van der Waals surface area contributed by atoms with Crippen LogP contribution in [0.1, 0.15) is 11.5 Å². The van der Waals surface area contributed by atoms with Gasteiger partial charge in [0.25, 0.3) is 0 Å². The molecule has 6 nitrogen and oxygen atoms in total. The molecule has 148 valence electrons. The molecule has 0 saturated heterocycles. The second kappa shape index (κ2) is 6.74. The van der Waals surface area contributed by atoms with Crippen molar-refractivity contribution in [3.63, 3.8) is 0 Å². The number of nitrogens with two attached hydrogens (primary N) is 1. The van der Waals surface area contributed by atoms with Gasteiger partial charge in [-0.05, 0) is 29.8 Å². The maximum Gasteiger partial charge on any atom is 0.431 e. The number of fused-ring (bicyclic) bond motifs is 1. The molecule has 2 heterocycles. The predicted octanol–water partition coefficient (Wildman–Crippen LogP) is 3.58. The second-order valence-electron chi connectivity index (χ2n) is 6.66. The third-order valence-corrected chi connectivity index (χ3v) is 4.95. The maximum absolute atomic E-state index is 13.9. The van der Waals surface area contributed by atoms with Gasteiger partial charge in [-0.15, -0.1) is 0 Å². The molecule has 2 aliphatic rings. The van der Waals surface area contributed by atoms with Crippen LogP contribution in [0.4, 0.5) is 18.9 Å². The summed E-state index contributed by atoms with van der Waals surface area (Å²) in [7, 11) is 0. The van der Waals surface area contributed by atoms with Crippen LogP contribution in [0, 0.1) is 17.2 Å². The Labute approximate surface area is 163 Å². The van der Waals surface area contributed by atoms with Crippen molar-refractivity contribution < 1.29 is 23.0 Å². The van der Waals surface area contributed by atoms with Crippen molar-refractivity contribution in [2.45, 2.75) is 18.3 Å². The molecular formula is C20H15F3N4O2. The first-order chi connectivity index (χ1) is 13.8. The number of para-hydroxylation sites is 1. The summed E-state index contributed by atoms with van der Waals surface area (Å²) in [6.07, 6.45) is -5.91. The number of hydrogen-bond acceptors (Lipinski definition) is 6. The average Bonchev–Trinajstić information content (AvgIpc) is 3.08. The monoisotopic (exact) mass is 400 g/mol. The van der Waals surface area contributed by atoms with E-state index in [0.29, 0.717) is 11.3 Å². The molecule has 0 bridgehead atoms. The number of phenolic OH excluding ortho intramolecular Hbond substituents is 1. The largest absolute Gasteiger partial charge is 0.508 e. The summed E-state index contributed by atoms with van der Waals surface area (Å²) in [6.45, 7) is 0. The van der Waals surface area contributed by atoms with Gasteiger partial charge in [-0.2, -0.15) is 23.5 Å². The van der Waals surface area contributed by atoms with Gasteiger partial charge in [0.1, 0.15) is 11.8 Å². The van der Waals surface area contributed by atoms with Crippen LogP contribution in [0.2, 0.25) is 0 Å². The third-order valence-electron chi connectivity index (χ3n) is 4.95. The number of nitriles is 1. The number of hydrazone groups is 1. The maximum atomic E-state index is 13.9. The van der Waals surface area contributed by atoms with Crippen molar-refractivity contribution in [3.05, 3.63) is 71.6 Å². The summed E-state index contributed by atoms with van der Waals surface area (Å²) in [5.74, 6) is -2.64. The molecule has 0 unspecified atom stereocenters. The highest BCUT2D eigenvalue weighted by atomic mass is 19.4. The summed E-state index contributed by atoms with van der Waals surface area (Å²) in [6, 6.07) is 15.8. The Kier molecular flexibility index (Phi) is 4.34. The Morgan fingerprint density at radius 2 is 1.76 bits per heavy atom. The van der Waals surface area contributed by atoms with Gasteiger partial charge in [0.15, 0.2) is 5.71 Å². The zero-order chi connectivity index (χ0) is 20.8. The van der Waals surface area contributed by atoms with Crippen LogP contribution in [0.25, 0.3) is 0 Å². The normalized spacial score (nSPS) is 23.9. The molecule has 0 radical (unpaired) electrons. The van der Waals surface area contributed by atoms with E-state index in [9.17, 15) is 23.5 Å². The molecule has 3 N–H and O–H groups in total. The second-order valence-corrected chi connectivity index (χ2v) is 6.66. The van der Waals surface area contributed by atoms with Gasteiger partial charge in [0.05, 0.1) is 17.2 Å². The first-order valence-corrected chi connectivity index (χ1v) is 8.66. The van der Waals surface area contributed by atoms with E-state index in [4.69, 9.17) is 10.5 Å². The number of alkyl halides is 3. The van der Waals surface area contributed by atoms with E-state index in [1.807, 2.05) is 6.07 Å². The van der Waals surface area contributed by atoms with Crippen LogP contribution in [-0.4, -0.2) is 23.2 Å². The van der Waals surface area contributed by atoms with Crippen molar-refractivity contribution in [1.82, 2.24) is 0 Å². The Balaban J connectivity index is 1.90. The van der Waals surface area contributed by atoms with Gasteiger partial charge in [0.2, 0.25) is 12.1 Å². The molecule has 0 spiro atoms. The zero-order valence-electron chi connectivity index (χ0n) is 14.8. The van der Waals surface area contributed by atoms with Crippen LogP contribution >= 0.6 is 0 Å². The summed E-state index contributed by atoms with van der Waals surface area (Å²) in [4.78, 5) is 0. The number of halogens is 3. The van der Waals surface area contributed by atoms with Crippen LogP contribution in [0.3, 0.4) is 0 Å². The van der Waals surface area contributed by atoms with E-state index >= 15 is 0 Å². The lowest BCUT2D eigenvalue weighted by atomic mass is 9.76. The van der Waals surface area contributed by atoms with Gasteiger partial charge < -0.3 is 15.6 Å². The van der Waals surface area contributed by atoms with Gasteiger partial charge >= 0.3 is 6.18 Å². The number of ether oxygens (including phenoxy) is 1. The lowest BCUT2D eigenvalue weighted by Gasteiger charge is -2.37. The van der Waals surface area contributed by atoms with Crippen molar-refractivity contribution in [2.24, 2.45) is 16.8 Å². The predicted molar refractivity (Wildman–Crippen MR) is 98.4 cm³/mol. The Bertz CT molecular complexity index is 1030. The van der Waals surface area contributed by atoms with Crippen molar-refractivity contribution in [2.75, 3.05) is 5.01 Å². The van der Waals surface area contributed by atoms with Crippen LogP contribution < -0.4 is 10.7 Å². The first-order valence-electron chi connectivity index (χ1n) is 8.66. The van der Waals surface area contributed by atoms with Gasteiger partial charge in [-0.3, -0.25) is 0 Å². The minimum Gasteiger partial charge on any atom is -0.508 e. The summed E-state index contributed by atoms with van der Waals surface area (Å²) in [5.41, 5.74) is 5.56. The Morgan fingerprint density at radius 1 is 1.10 bits per heavy atom. The number of allylic oxidation sites excluding steroid dienone is 1. The first kappa shape index (κ1) is 18.7. The molecule has 3 atom stereocenters. The number of nitrogens with zero attached hydrogens (tertiary/aromatic N) is 3. The topological polar surface area (TPSA) is 94.9 Å². The number of anilines is 1. The number of phenols is 1. The SMILES string of the molecule is N#CC1=C(N)O[C@@H]2[C@@H](C(C(F)(F)F)=NN2c2ccccc2)[C@@H]1c1ccc(O)cc1. The molecule has 9 heteroatoms. The molecule has 2 aromatic carbocycles. The lowest BCUT2D eigenvalue weighted by Crippen LogP contribution is -2.46. The van der Waals surface area contributed by atoms with Gasteiger partial charge in [-0.25, -0.2) is 5.01 Å². The standard InChI is InChI=1S/C20H15F3N4O2/c21-20(22,23)17-16-15(11-6-8-13(28)9-7-11)14(10-24)18(25)29-19(16)27(26-17)12-4-2-1-3-5-12/h1-9,15-16,19,28H,25H2/t15-,16-,19-/m1/s1. The fraction of sp³-hybridized carbons (Fsp3) is 0.200. The summed E-state index contributed by atoms with van der Waals surface area (Å²) < 4.78 is 47.3. The van der Waals surface area contributed by atoms with E-state index in [2.05, 4.69) is 5.10 Å². The van der Waals surface area contributed by atoms with Crippen molar-refractivity contribution in [3.8, 4) is 11.8 Å². The summed E-state index contributed by atoms with van der Waals surface area (Å²) in [5, 5.41) is 24.1. The van der Waals surface area contributed by atoms with Gasteiger partial charge in [-0.1, -0.05) is 30.3 Å². The number of hydrogen-bond donors (Lipinski definition) is 2. The quantitative estimate of drug-likeness (QED) is 0.804. The Hall–Kier alpha value is -3.67. The lowest BCUT2D eigenvalue weighted by molar-refractivity contribution is -0.0658.